The molecule has 19 heavy (non-hydrogen) atoms. The molecule has 4 heteroatoms. The van der Waals surface area contributed by atoms with Crippen molar-refractivity contribution < 1.29 is 4.42 Å². The number of fused-ring (bicyclic) bond motifs is 1. The molecule has 2 aromatic rings. The second-order valence-electron chi connectivity index (χ2n) is 4.98. The van der Waals surface area contributed by atoms with Gasteiger partial charge in [0.15, 0.2) is 0 Å². The van der Waals surface area contributed by atoms with Gasteiger partial charge in [0.2, 0.25) is 5.89 Å². The lowest BCUT2D eigenvalue weighted by Gasteiger charge is -2.22. The summed E-state index contributed by atoms with van der Waals surface area (Å²) in [6, 6.07) is 8.52. The van der Waals surface area contributed by atoms with Crippen LogP contribution in [0.1, 0.15) is 22.9 Å². The third-order valence-electron chi connectivity index (χ3n) is 3.61. The Labute approximate surface area is 113 Å². The SMILES string of the molecule is Cc1nc(CN2CCNCc3ccccc32)oc1C. The number of hydrogen-bond acceptors (Lipinski definition) is 4. The smallest absolute Gasteiger partial charge is 0.214 e. The molecule has 0 saturated carbocycles. The predicted molar refractivity (Wildman–Crippen MR) is 75.2 cm³/mol. The molecule has 1 aromatic heterocycles. The van der Waals surface area contributed by atoms with Crippen molar-refractivity contribution in [3.63, 3.8) is 0 Å². The third kappa shape index (κ3) is 2.49. The van der Waals surface area contributed by atoms with Gasteiger partial charge in [-0.15, -0.1) is 0 Å². The fraction of sp³-hybridized carbons (Fsp3) is 0.400. The molecule has 0 amide bonds. The summed E-state index contributed by atoms with van der Waals surface area (Å²) in [6.45, 7) is 7.55. The van der Waals surface area contributed by atoms with E-state index in [9.17, 15) is 0 Å². The number of nitrogens with one attached hydrogen (secondary N) is 1. The Morgan fingerprint density at radius 2 is 2.16 bits per heavy atom. The van der Waals surface area contributed by atoms with E-state index in [1.807, 2.05) is 13.8 Å². The third-order valence-corrected chi connectivity index (χ3v) is 3.61. The first-order valence-electron chi connectivity index (χ1n) is 6.70. The van der Waals surface area contributed by atoms with Crippen molar-refractivity contribution in [1.82, 2.24) is 10.3 Å². The summed E-state index contributed by atoms with van der Waals surface area (Å²) in [5, 5.41) is 3.44. The number of aryl methyl sites for hydroxylation is 2. The number of nitrogens with zero attached hydrogens (tertiary/aromatic N) is 2. The summed E-state index contributed by atoms with van der Waals surface area (Å²) in [7, 11) is 0. The molecule has 0 aliphatic carbocycles. The Balaban J connectivity index is 1.88. The molecule has 4 nitrogen and oxygen atoms in total. The molecule has 1 N–H and O–H groups in total. The topological polar surface area (TPSA) is 41.3 Å². The lowest BCUT2D eigenvalue weighted by atomic mass is 10.1. The van der Waals surface area contributed by atoms with Crippen LogP contribution in [0.4, 0.5) is 5.69 Å². The number of para-hydroxylation sites is 1. The highest BCUT2D eigenvalue weighted by molar-refractivity contribution is 5.54. The van der Waals surface area contributed by atoms with E-state index in [2.05, 4.69) is 39.5 Å². The van der Waals surface area contributed by atoms with E-state index in [-0.39, 0.29) is 0 Å². The summed E-state index contributed by atoms with van der Waals surface area (Å²) in [5.74, 6) is 1.71. The van der Waals surface area contributed by atoms with Gasteiger partial charge in [0, 0.05) is 25.3 Å². The number of anilines is 1. The van der Waals surface area contributed by atoms with Gasteiger partial charge in [0.1, 0.15) is 5.76 Å². The van der Waals surface area contributed by atoms with E-state index in [1.54, 1.807) is 0 Å². The molecule has 0 bridgehead atoms. The van der Waals surface area contributed by atoms with E-state index in [0.29, 0.717) is 0 Å². The number of benzene rings is 1. The fourth-order valence-corrected chi connectivity index (χ4v) is 2.46. The number of rotatable bonds is 2. The van der Waals surface area contributed by atoms with Crippen molar-refractivity contribution in [1.29, 1.82) is 0 Å². The van der Waals surface area contributed by atoms with Gasteiger partial charge in [-0.1, -0.05) is 18.2 Å². The predicted octanol–water partition coefficient (Wildman–Crippen LogP) is 2.40. The summed E-state index contributed by atoms with van der Waals surface area (Å²) in [5.41, 5.74) is 3.59. The molecule has 0 atom stereocenters. The van der Waals surface area contributed by atoms with E-state index in [4.69, 9.17) is 4.42 Å². The zero-order chi connectivity index (χ0) is 13.2. The maximum Gasteiger partial charge on any atom is 0.214 e. The van der Waals surface area contributed by atoms with Gasteiger partial charge < -0.3 is 14.6 Å². The fourth-order valence-electron chi connectivity index (χ4n) is 2.46. The molecule has 0 spiro atoms. The first-order chi connectivity index (χ1) is 9.24. The Bertz CT molecular complexity index is 557. The van der Waals surface area contributed by atoms with Crippen molar-refractivity contribution in [3.05, 3.63) is 47.2 Å². The maximum atomic E-state index is 5.70. The second-order valence-corrected chi connectivity index (χ2v) is 4.98. The number of hydrogen-bond donors (Lipinski definition) is 1. The minimum absolute atomic E-state index is 0.730. The van der Waals surface area contributed by atoms with Crippen LogP contribution in [0.15, 0.2) is 28.7 Å². The first-order valence-corrected chi connectivity index (χ1v) is 6.70. The molecular formula is C15H19N3O. The quantitative estimate of drug-likeness (QED) is 0.897. The van der Waals surface area contributed by atoms with Crippen LogP contribution in [-0.2, 0) is 13.1 Å². The molecule has 100 valence electrons. The standard InChI is InChI=1S/C15H19N3O/c1-11-12(2)19-15(17-11)10-18-8-7-16-9-13-5-3-4-6-14(13)18/h3-6,16H,7-10H2,1-2H3. The Kier molecular flexibility index (Phi) is 3.25. The lowest BCUT2D eigenvalue weighted by molar-refractivity contribution is 0.464. The summed E-state index contributed by atoms with van der Waals surface area (Å²) in [4.78, 5) is 6.81. The highest BCUT2D eigenvalue weighted by Gasteiger charge is 2.17. The van der Waals surface area contributed by atoms with Gasteiger partial charge in [-0.05, 0) is 25.5 Å². The van der Waals surface area contributed by atoms with Crippen molar-refractivity contribution in [3.8, 4) is 0 Å². The average Bonchev–Trinajstić information content (AvgIpc) is 2.62. The Hall–Kier alpha value is -1.81. The number of oxazole rings is 1. The van der Waals surface area contributed by atoms with Crippen LogP contribution in [0.2, 0.25) is 0 Å². The van der Waals surface area contributed by atoms with Gasteiger partial charge in [-0.2, -0.15) is 0 Å². The van der Waals surface area contributed by atoms with Crippen LogP contribution in [0.3, 0.4) is 0 Å². The van der Waals surface area contributed by atoms with Crippen LogP contribution in [0.5, 0.6) is 0 Å². The molecule has 1 aromatic carbocycles. The molecule has 2 heterocycles. The van der Waals surface area contributed by atoms with Crippen LogP contribution in [0, 0.1) is 13.8 Å². The van der Waals surface area contributed by atoms with Gasteiger partial charge in [0.25, 0.3) is 0 Å². The molecular weight excluding hydrogens is 238 g/mol. The zero-order valence-electron chi connectivity index (χ0n) is 11.4. The highest BCUT2D eigenvalue weighted by Crippen LogP contribution is 2.24. The Morgan fingerprint density at radius 3 is 2.95 bits per heavy atom. The molecule has 0 unspecified atom stereocenters. The van der Waals surface area contributed by atoms with Crippen molar-refractivity contribution in [2.24, 2.45) is 0 Å². The van der Waals surface area contributed by atoms with E-state index in [0.717, 1.165) is 43.5 Å². The largest absolute Gasteiger partial charge is 0.444 e. The molecule has 1 aliphatic rings. The average molecular weight is 257 g/mol. The summed E-state index contributed by atoms with van der Waals surface area (Å²) < 4.78 is 5.70. The minimum atomic E-state index is 0.730. The molecule has 1 aliphatic heterocycles. The van der Waals surface area contributed by atoms with Gasteiger partial charge >= 0.3 is 0 Å². The minimum Gasteiger partial charge on any atom is -0.444 e. The van der Waals surface area contributed by atoms with Crippen molar-refractivity contribution >= 4 is 5.69 Å². The van der Waals surface area contributed by atoms with Crippen LogP contribution < -0.4 is 10.2 Å². The molecule has 3 rings (SSSR count). The molecule has 0 fully saturated rings. The first kappa shape index (κ1) is 12.2. The second kappa shape index (κ2) is 5.05. The van der Waals surface area contributed by atoms with E-state index >= 15 is 0 Å². The van der Waals surface area contributed by atoms with Crippen LogP contribution in [0.25, 0.3) is 0 Å². The van der Waals surface area contributed by atoms with Gasteiger partial charge in [-0.25, -0.2) is 4.98 Å². The van der Waals surface area contributed by atoms with E-state index in [1.165, 1.54) is 11.3 Å². The zero-order valence-corrected chi connectivity index (χ0v) is 11.4. The van der Waals surface area contributed by atoms with Crippen LogP contribution >= 0.6 is 0 Å². The maximum absolute atomic E-state index is 5.70. The molecule has 0 saturated heterocycles. The Morgan fingerprint density at radius 1 is 1.32 bits per heavy atom. The number of aromatic nitrogens is 1. The summed E-state index contributed by atoms with van der Waals surface area (Å²) in [6.07, 6.45) is 0. The highest BCUT2D eigenvalue weighted by atomic mass is 16.4. The monoisotopic (exact) mass is 257 g/mol. The summed E-state index contributed by atoms with van der Waals surface area (Å²) >= 11 is 0. The van der Waals surface area contributed by atoms with Crippen molar-refractivity contribution in [2.45, 2.75) is 26.9 Å². The normalized spacial score (nSPS) is 15.2. The van der Waals surface area contributed by atoms with E-state index < -0.39 is 0 Å². The lowest BCUT2D eigenvalue weighted by Crippen LogP contribution is -2.28. The molecule has 0 radical (unpaired) electrons. The van der Waals surface area contributed by atoms with Crippen molar-refractivity contribution in [2.75, 3.05) is 18.0 Å². The van der Waals surface area contributed by atoms with Gasteiger partial charge in [-0.3, -0.25) is 0 Å². The van der Waals surface area contributed by atoms with Crippen LogP contribution in [-0.4, -0.2) is 18.1 Å². The van der Waals surface area contributed by atoms with Gasteiger partial charge in [0.05, 0.1) is 12.2 Å².